The van der Waals surface area contributed by atoms with Gasteiger partial charge in [0.25, 0.3) is 0 Å². The number of benzene rings is 2. The SMILES string of the molecule is CCCC[n+]1ccn(CCP(c2ccccc2)c2ccccc2)c1. The summed E-state index contributed by atoms with van der Waals surface area (Å²) in [4.78, 5) is 0. The Balaban J connectivity index is 1.72. The highest BCUT2D eigenvalue weighted by Gasteiger charge is 2.15. The fourth-order valence-corrected chi connectivity index (χ4v) is 5.19. The van der Waals surface area contributed by atoms with E-state index >= 15 is 0 Å². The van der Waals surface area contributed by atoms with E-state index in [4.69, 9.17) is 0 Å². The van der Waals surface area contributed by atoms with Gasteiger partial charge in [0.2, 0.25) is 6.33 Å². The first kappa shape index (κ1) is 16.9. The van der Waals surface area contributed by atoms with Crippen molar-refractivity contribution in [2.45, 2.75) is 32.9 Å². The minimum absolute atomic E-state index is 0.306. The minimum atomic E-state index is -0.306. The van der Waals surface area contributed by atoms with E-state index in [1.165, 1.54) is 29.6 Å². The Morgan fingerprint density at radius 2 is 1.54 bits per heavy atom. The molecule has 0 bridgehead atoms. The molecule has 0 atom stereocenters. The first-order valence-corrected chi connectivity index (χ1v) is 10.3. The Morgan fingerprint density at radius 3 is 2.12 bits per heavy atom. The van der Waals surface area contributed by atoms with Crippen molar-refractivity contribution in [3.8, 4) is 0 Å². The topological polar surface area (TPSA) is 8.81 Å². The Labute approximate surface area is 146 Å². The molecular weight excluding hydrogens is 311 g/mol. The van der Waals surface area contributed by atoms with Crippen LogP contribution in [-0.4, -0.2) is 10.7 Å². The number of aryl methyl sites for hydroxylation is 2. The lowest BCUT2D eigenvalue weighted by atomic mass is 10.3. The van der Waals surface area contributed by atoms with Gasteiger partial charge in [-0.3, -0.25) is 0 Å². The molecule has 2 aromatic carbocycles. The minimum Gasteiger partial charge on any atom is -0.237 e. The molecule has 0 saturated carbocycles. The van der Waals surface area contributed by atoms with Crippen LogP contribution in [0.5, 0.6) is 0 Å². The molecule has 3 rings (SSSR count). The van der Waals surface area contributed by atoms with Gasteiger partial charge < -0.3 is 0 Å². The predicted molar refractivity (Wildman–Crippen MR) is 103 cm³/mol. The van der Waals surface area contributed by atoms with E-state index in [1.807, 2.05) is 0 Å². The second kappa shape index (κ2) is 8.80. The lowest BCUT2D eigenvalue weighted by Crippen LogP contribution is -2.30. The molecule has 3 aromatic rings. The van der Waals surface area contributed by atoms with Crippen LogP contribution in [0.2, 0.25) is 0 Å². The molecule has 0 radical (unpaired) electrons. The first-order valence-electron chi connectivity index (χ1n) is 8.79. The van der Waals surface area contributed by atoms with Crippen LogP contribution in [-0.2, 0) is 13.1 Å². The van der Waals surface area contributed by atoms with Gasteiger partial charge in [-0.25, -0.2) is 9.13 Å². The summed E-state index contributed by atoms with van der Waals surface area (Å²) in [7, 11) is -0.306. The van der Waals surface area contributed by atoms with Crippen LogP contribution >= 0.6 is 7.92 Å². The normalized spacial score (nSPS) is 11.1. The molecule has 0 amide bonds. The molecule has 24 heavy (non-hydrogen) atoms. The van der Waals surface area contributed by atoms with Gasteiger partial charge in [-0.2, -0.15) is 0 Å². The predicted octanol–water partition coefficient (Wildman–Crippen LogP) is 3.71. The average molecular weight is 337 g/mol. The number of rotatable bonds is 8. The first-order chi connectivity index (χ1) is 11.9. The van der Waals surface area contributed by atoms with E-state index in [0.29, 0.717) is 0 Å². The molecule has 0 unspecified atom stereocenters. The molecule has 3 heteroatoms. The molecule has 0 aliphatic rings. The molecule has 0 spiro atoms. The van der Waals surface area contributed by atoms with Crippen molar-refractivity contribution in [2.75, 3.05) is 6.16 Å². The Kier molecular flexibility index (Phi) is 6.20. The van der Waals surface area contributed by atoms with Crippen molar-refractivity contribution >= 4 is 18.5 Å². The van der Waals surface area contributed by atoms with E-state index in [1.54, 1.807) is 0 Å². The molecule has 1 heterocycles. The number of hydrogen-bond acceptors (Lipinski definition) is 0. The van der Waals surface area contributed by atoms with Crippen molar-refractivity contribution in [1.82, 2.24) is 4.57 Å². The van der Waals surface area contributed by atoms with E-state index in [9.17, 15) is 0 Å². The van der Waals surface area contributed by atoms with Gasteiger partial charge in [-0.15, -0.1) is 0 Å². The van der Waals surface area contributed by atoms with Crippen molar-refractivity contribution in [2.24, 2.45) is 0 Å². The van der Waals surface area contributed by atoms with Gasteiger partial charge in [0.1, 0.15) is 12.4 Å². The number of aromatic nitrogens is 2. The summed E-state index contributed by atoms with van der Waals surface area (Å²) in [5.41, 5.74) is 0. The molecule has 0 aliphatic heterocycles. The van der Waals surface area contributed by atoms with Crippen LogP contribution in [0.4, 0.5) is 0 Å². The summed E-state index contributed by atoms with van der Waals surface area (Å²) in [6, 6.07) is 21.9. The molecule has 0 N–H and O–H groups in total. The Morgan fingerprint density at radius 1 is 0.917 bits per heavy atom. The third-order valence-electron chi connectivity index (χ3n) is 4.23. The zero-order valence-corrected chi connectivity index (χ0v) is 15.3. The van der Waals surface area contributed by atoms with Crippen molar-refractivity contribution in [3.05, 3.63) is 79.4 Å². The highest BCUT2D eigenvalue weighted by Crippen LogP contribution is 2.33. The maximum atomic E-state index is 2.33. The molecule has 1 aromatic heterocycles. The third kappa shape index (κ3) is 4.55. The zero-order chi connectivity index (χ0) is 16.6. The lowest BCUT2D eigenvalue weighted by molar-refractivity contribution is -0.696. The number of unbranched alkanes of at least 4 members (excludes halogenated alkanes) is 1. The number of hydrogen-bond donors (Lipinski definition) is 0. The molecule has 0 aliphatic carbocycles. The van der Waals surface area contributed by atoms with Crippen molar-refractivity contribution in [1.29, 1.82) is 0 Å². The quantitative estimate of drug-likeness (QED) is 0.438. The summed E-state index contributed by atoms with van der Waals surface area (Å²) in [6.45, 7) is 4.43. The molecule has 0 fully saturated rings. The monoisotopic (exact) mass is 337 g/mol. The van der Waals surface area contributed by atoms with E-state index in [0.717, 1.165) is 13.1 Å². The summed E-state index contributed by atoms with van der Waals surface area (Å²) in [5.74, 6) is 0. The molecular formula is C21H26N2P+. The fourth-order valence-electron chi connectivity index (χ4n) is 2.88. The van der Waals surface area contributed by atoms with Gasteiger partial charge in [-0.1, -0.05) is 74.0 Å². The van der Waals surface area contributed by atoms with Gasteiger partial charge in [0, 0.05) is 6.16 Å². The van der Waals surface area contributed by atoms with Crippen LogP contribution in [0.15, 0.2) is 79.4 Å². The molecule has 124 valence electrons. The lowest BCUT2D eigenvalue weighted by Gasteiger charge is -2.17. The standard InChI is InChI=1S/C21H26N2P/c1-2-3-14-22-15-16-23(19-22)17-18-24(20-10-6-4-7-11-20)21-12-8-5-9-13-21/h4-13,15-16,19H,2-3,14,17-18H2,1H3/q+1. The van der Waals surface area contributed by atoms with Gasteiger partial charge in [0.05, 0.1) is 13.1 Å². The van der Waals surface area contributed by atoms with Crippen LogP contribution < -0.4 is 15.2 Å². The van der Waals surface area contributed by atoms with E-state index in [2.05, 4.69) is 95.4 Å². The Hall–Kier alpha value is -1.92. The van der Waals surface area contributed by atoms with Crippen LogP contribution in [0.1, 0.15) is 19.8 Å². The third-order valence-corrected chi connectivity index (χ3v) is 6.72. The largest absolute Gasteiger partial charge is 0.243 e. The van der Waals surface area contributed by atoms with E-state index < -0.39 is 0 Å². The second-order valence-corrected chi connectivity index (χ2v) is 8.40. The summed E-state index contributed by atoms with van der Waals surface area (Å²) in [5, 5.41) is 2.93. The maximum absolute atomic E-state index is 2.33. The average Bonchev–Trinajstić information content (AvgIpc) is 3.10. The van der Waals surface area contributed by atoms with Gasteiger partial charge >= 0.3 is 0 Å². The Bertz CT molecular complexity index is 682. The smallest absolute Gasteiger partial charge is 0.237 e. The molecule has 0 saturated heterocycles. The molecule has 2 nitrogen and oxygen atoms in total. The zero-order valence-electron chi connectivity index (χ0n) is 14.4. The number of nitrogens with zero attached hydrogens (tertiary/aromatic N) is 2. The summed E-state index contributed by atoms with van der Waals surface area (Å²) < 4.78 is 4.63. The summed E-state index contributed by atoms with van der Waals surface area (Å²) in [6.07, 6.45) is 10.3. The highest BCUT2D eigenvalue weighted by atomic mass is 31.1. The highest BCUT2D eigenvalue weighted by molar-refractivity contribution is 7.73. The maximum Gasteiger partial charge on any atom is 0.243 e. The second-order valence-electron chi connectivity index (χ2n) is 6.07. The van der Waals surface area contributed by atoms with Crippen molar-refractivity contribution < 1.29 is 4.57 Å². The van der Waals surface area contributed by atoms with Gasteiger partial charge in [0.15, 0.2) is 0 Å². The van der Waals surface area contributed by atoms with E-state index in [-0.39, 0.29) is 7.92 Å². The van der Waals surface area contributed by atoms with Crippen LogP contribution in [0.25, 0.3) is 0 Å². The number of imidazole rings is 1. The van der Waals surface area contributed by atoms with Crippen LogP contribution in [0.3, 0.4) is 0 Å². The summed E-state index contributed by atoms with van der Waals surface area (Å²) >= 11 is 0. The van der Waals surface area contributed by atoms with Crippen molar-refractivity contribution in [3.63, 3.8) is 0 Å². The fraction of sp³-hybridized carbons (Fsp3) is 0.286. The van der Waals surface area contributed by atoms with Crippen LogP contribution in [0, 0.1) is 0 Å². The van der Waals surface area contributed by atoms with Gasteiger partial charge in [-0.05, 0) is 25.0 Å².